The smallest absolute Gasteiger partial charge is 0.264 e. The summed E-state index contributed by atoms with van der Waals surface area (Å²) in [4.78, 5) is 18.1. The van der Waals surface area contributed by atoms with Crippen LogP contribution in [0.4, 0.5) is 0 Å². The van der Waals surface area contributed by atoms with Crippen molar-refractivity contribution in [2.45, 2.75) is 31.7 Å². The molecule has 3 heterocycles. The average Bonchev–Trinajstić information content (AvgIpc) is 3.08. The van der Waals surface area contributed by atoms with E-state index in [9.17, 15) is 4.79 Å². The molecule has 2 fully saturated rings. The molecule has 2 saturated heterocycles. The minimum atomic E-state index is 0.233. The van der Waals surface area contributed by atoms with Gasteiger partial charge in [0.2, 0.25) is 0 Å². The zero-order valence-electron chi connectivity index (χ0n) is 12.5. The zero-order chi connectivity index (χ0) is 14.5. The van der Waals surface area contributed by atoms with Gasteiger partial charge in [0.1, 0.15) is 0 Å². The summed E-state index contributed by atoms with van der Waals surface area (Å²) in [5, 5.41) is 1.99. The largest absolute Gasteiger partial charge is 0.379 e. The monoisotopic (exact) mass is 308 g/mol. The SMILES string of the molecule is O=C(c1cccs1)N1CCCCC1CCN1CCOCC1. The zero-order valence-corrected chi connectivity index (χ0v) is 13.3. The number of rotatable bonds is 4. The van der Waals surface area contributed by atoms with Crippen LogP contribution in [0.25, 0.3) is 0 Å². The Bertz CT molecular complexity index is 443. The summed E-state index contributed by atoms with van der Waals surface area (Å²) in [6.45, 7) is 5.77. The van der Waals surface area contributed by atoms with E-state index in [1.165, 1.54) is 6.42 Å². The Labute approximate surface area is 130 Å². The fraction of sp³-hybridized carbons (Fsp3) is 0.688. The van der Waals surface area contributed by atoms with Crippen molar-refractivity contribution in [2.75, 3.05) is 39.4 Å². The maximum atomic E-state index is 12.6. The average molecular weight is 308 g/mol. The molecule has 1 atom stereocenters. The Hall–Kier alpha value is -0.910. The van der Waals surface area contributed by atoms with E-state index in [2.05, 4.69) is 9.80 Å². The molecule has 0 aromatic carbocycles. The highest BCUT2D eigenvalue weighted by Gasteiger charge is 2.28. The molecule has 0 spiro atoms. The molecule has 1 unspecified atom stereocenters. The Morgan fingerprint density at radius 2 is 2.14 bits per heavy atom. The lowest BCUT2D eigenvalue weighted by atomic mass is 9.98. The molecule has 2 aliphatic rings. The third-order valence-corrected chi connectivity index (χ3v) is 5.36. The maximum absolute atomic E-state index is 12.6. The van der Waals surface area contributed by atoms with E-state index >= 15 is 0 Å². The summed E-state index contributed by atoms with van der Waals surface area (Å²) in [6.07, 6.45) is 4.64. The van der Waals surface area contributed by atoms with Crippen molar-refractivity contribution in [1.82, 2.24) is 9.80 Å². The molecule has 116 valence electrons. The first-order chi connectivity index (χ1) is 10.3. The minimum Gasteiger partial charge on any atom is -0.379 e. The van der Waals surface area contributed by atoms with Crippen molar-refractivity contribution in [3.8, 4) is 0 Å². The molecule has 0 N–H and O–H groups in total. The molecule has 1 amide bonds. The fourth-order valence-electron chi connectivity index (χ4n) is 3.27. The Morgan fingerprint density at radius 1 is 1.29 bits per heavy atom. The molecule has 1 aromatic rings. The van der Waals surface area contributed by atoms with E-state index in [1.807, 2.05) is 17.5 Å². The first kappa shape index (κ1) is 15.0. The number of carbonyl (C=O) groups is 1. The van der Waals surface area contributed by atoms with Crippen LogP contribution in [0.5, 0.6) is 0 Å². The topological polar surface area (TPSA) is 32.8 Å². The summed E-state index contributed by atoms with van der Waals surface area (Å²) in [6, 6.07) is 4.32. The van der Waals surface area contributed by atoms with Gasteiger partial charge in [-0.3, -0.25) is 9.69 Å². The van der Waals surface area contributed by atoms with Crippen molar-refractivity contribution < 1.29 is 9.53 Å². The number of thiophene rings is 1. The van der Waals surface area contributed by atoms with Gasteiger partial charge in [-0.05, 0) is 37.1 Å². The number of nitrogens with zero attached hydrogens (tertiary/aromatic N) is 2. The van der Waals surface area contributed by atoms with Crippen molar-refractivity contribution in [1.29, 1.82) is 0 Å². The van der Waals surface area contributed by atoms with Crippen LogP contribution in [0.3, 0.4) is 0 Å². The third kappa shape index (κ3) is 3.84. The van der Waals surface area contributed by atoms with Crippen LogP contribution < -0.4 is 0 Å². The summed E-state index contributed by atoms with van der Waals surface area (Å²) >= 11 is 1.55. The van der Waals surface area contributed by atoms with Crippen molar-refractivity contribution in [2.24, 2.45) is 0 Å². The standard InChI is InChI=1S/C16H24N2O2S/c19-16(15-5-3-13-21-15)18-7-2-1-4-14(18)6-8-17-9-11-20-12-10-17/h3,5,13-14H,1-2,4,6-12H2. The highest BCUT2D eigenvalue weighted by molar-refractivity contribution is 7.12. The van der Waals surface area contributed by atoms with E-state index in [0.717, 1.165) is 63.5 Å². The van der Waals surface area contributed by atoms with Gasteiger partial charge < -0.3 is 9.64 Å². The molecule has 0 saturated carbocycles. The van der Waals surface area contributed by atoms with Gasteiger partial charge >= 0.3 is 0 Å². The highest BCUT2D eigenvalue weighted by Crippen LogP contribution is 2.24. The Kier molecular flexibility index (Phi) is 5.27. The Balaban J connectivity index is 1.57. The van der Waals surface area contributed by atoms with Crippen molar-refractivity contribution in [3.63, 3.8) is 0 Å². The summed E-state index contributed by atoms with van der Waals surface area (Å²) in [5.74, 6) is 0.233. The van der Waals surface area contributed by atoms with E-state index in [1.54, 1.807) is 11.3 Å². The fourth-order valence-corrected chi connectivity index (χ4v) is 3.95. The van der Waals surface area contributed by atoms with E-state index in [4.69, 9.17) is 4.74 Å². The molecular weight excluding hydrogens is 284 g/mol. The van der Waals surface area contributed by atoms with Crippen LogP contribution in [0.15, 0.2) is 17.5 Å². The first-order valence-corrected chi connectivity index (χ1v) is 8.87. The van der Waals surface area contributed by atoms with Gasteiger partial charge in [0, 0.05) is 32.2 Å². The van der Waals surface area contributed by atoms with Gasteiger partial charge in [-0.15, -0.1) is 11.3 Å². The number of ether oxygens (including phenoxy) is 1. The molecule has 1 aromatic heterocycles. The number of likely N-dealkylation sites (tertiary alicyclic amines) is 1. The van der Waals surface area contributed by atoms with Crippen molar-refractivity contribution >= 4 is 17.2 Å². The number of hydrogen-bond donors (Lipinski definition) is 0. The molecule has 0 radical (unpaired) electrons. The van der Waals surface area contributed by atoms with Crippen LogP contribution in [-0.4, -0.2) is 61.1 Å². The Morgan fingerprint density at radius 3 is 2.90 bits per heavy atom. The summed E-state index contributed by atoms with van der Waals surface area (Å²) in [5.41, 5.74) is 0. The molecular formula is C16H24N2O2S. The highest BCUT2D eigenvalue weighted by atomic mass is 32.1. The predicted molar refractivity (Wildman–Crippen MR) is 84.9 cm³/mol. The van der Waals surface area contributed by atoms with Crippen LogP contribution in [-0.2, 0) is 4.74 Å². The van der Waals surface area contributed by atoms with Gasteiger partial charge in [0.05, 0.1) is 18.1 Å². The number of carbonyl (C=O) groups excluding carboxylic acids is 1. The molecule has 5 heteroatoms. The molecule has 3 rings (SSSR count). The second-order valence-electron chi connectivity index (χ2n) is 5.87. The molecule has 4 nitrogen and oxygen atoms in total. The normalized spacial score (nSPS) is 24.2. The number of piperidine rings is 1. The maximum Gasteiger partial charge on any atom is 0.264 e. The lowest BCUT2D eigenvalue weighted by molar-refractivity contribution is 0.0296. The van der Waals surface area contributed by atoms with E-state index in [-0.39, 0.29) is 5.91 Å². The van der Waals surface area contributed by atoms with Crippen LogP contribution in [0, 0.1) is 0 Å². The lowest BCUT2D eigenvalue weighted by Gasteiger charge is -2.37. The lowest BCUT2D eigenvalue weighted by Crippen LogP contribution is -2.46. The molecule has 0 bridgehead atoms. The first-order valence-electron chi connectivity index (χ1n) is 7.99. The van der Waals surface area contributed by atoms with Crippen LogP contribution >= 0.6 is 11.3 Å². The van der Waals surface area contributed by atoms with E-state index in [0.29, 0.717) is 6.04 Å². The van der Waals surface area contributed by atoms with Crippen LogP contribution in [0.2, 0.25) is 0 Å². The third-order valence-electron chi connectivity index (χ3n) is 4.50. The molecule has 0 aliphatic carbocycles. The predicted octanol–water partition coefficient (Wildman–Crippen LogP) is 2.47. The van der Waals surface area contributed by atoms with E-state index < -0.39 is 0 Å². The quantitative estimate of drug-likeness (QED) is 0.856. The summed E-state index contributed by atoms with van der Waals surface area (Å²) in [7, 11) is 0. The molecule has 21 heavy (non-hydrogen) atoms. The number of amides is 1. The summed E-state index contributed by atoms with van der Waals surface area (Å²) < 4.78 is 5.40. The van der Waals surface area contributed by atoms with Crippen LogP contribution in [0.1, 0.15) is 35.4 Å². The second kappa shape index (κ2) is 7.38. The van der Waals surface area contributed by atoms with Gasteiger partial charge in [-0.25, -0.2) is 0 Å². The molecule has 2 aliphatic heterocycles. The van der Waals surface area contributed by atoms with Crippen molar-refractivity contribution in [3.05, 3.63) is 22.4 Å². The number of hydrogen-bond acceptors (Lipinski definition) is 4. The van der Waals surface area contributed by atoms with Gasteiger partial charge in [-0.2, -0.15) is 0 Å². The minimum absolute atomic E-state index is 0.233. The van der Waals surface area contributed by atoms with Gasteiger partial charge in [0.15, 0.2) is 0 Å². The van der Waals surface area contributed by atoms with Gasteiger partial charge in [-0.1, -0.05) is 6.07 Å². The second-order valence-corrected chi connectivity index (χ2v) is 6.82. The number of morpholine rings is 1. The van der Waals surface area contributed by atoms with Gasteiger partial charge in [0.25, 0.3) is 5.91 Å².